The van der Waals surface area contributed by atoms with E-state index in [0.29, 0.717) is 19.0 Å². The Morgan fingerprint density at radius 1 is 1.50 bits per heavy atom. The Labute approximate surface area is 117 Å². The van der Waals surface area contributed by atoms with Gasteiger partial charge in [-0.3, -0.25) is 4.79 Å². The molecule has 20 heavy (non-hydrogen) atoms. The fourth-order valence-electron chi connectivity index (χ4n) is 2.13. The van der Waals surface area contributed by atoms with E-state index in [1.54, 1.807) is 0 Å². The molecule has 0 atom stereocenters. The van der Waals surface area contributed by atoms with E-state index >= 15 is 0 Å². The predicted octanol–water partition coefficient (Wildman–Crippen LogP) is 2.64. The lowest BCUT2D eigenvalue weighted by atomic mass is 10.2. The number of rotatable bonds is 6. The van der Waals surface area contributed by atoms with Gasteiger partial charge in [0.2, 0.25) is 0 Å². The number of allylic oxidation sites excluding steroid dienone is 1. The molecule has 0 saturated carbocycles. The van der Waals surface area contributed by atoms with Gasteiger partial charge in [-0.15, -0.1) is 0 Å². The SMILES string of the molecule is C=C(C)Cn1c(CC(=O)O)nc2cc(OCC)ccc21. The van der Waals surface area contributed by atoms with Crippen molar-refractivity contribution in [2.75, 3.05) is 6.61 Å². The summed E-state index contributed by atoms with van der Waals surface area (Å²) in [5.74, 6) is 0.374. The number of carbonyl (C=O) groups is 1. The number of fused-ring (bicyclic) bond motifs is 1. The molecule has 0 aliphatic carbocycles. The van der Waals surface area contributed by atoms with Crippen LogP contribution in [0, 0.1) is 0 Å². The number of nitrogens with zero attached hydrogens (tertiary/aromatic N) is 2. The normalized spacial score (nSPS) is 10.7. The molecule has 0 unspecified atom stereocenters. The summed E-state index contributed by atoms with van der Waals surface area (Å²) in [4.78, 5) is 15.4. The van der Waals surface area contributed by atoms with Gasteiger partial charge in [-0.2, -0.15) is 0 Å². The summed E-state index contributed by atoms with van der Waals surface area (Å²) in [5.41, 5.74) is 2.59. The summed E-state index contributed by atoms with van der Waals surface area (Å²) < 4.78 is 7.33. The average Bonchev–Trinajstić information content (AvgIpc) is 2.66. The van der Waals surface area contributed by atoms with Crippen LogP contribution >= 0.6 is 0 Å². The molecule has 0 radical (unpaired) electrons. The van der Waals surface area contributed by atoms with Gasteiger partial charge < -0.3 is 14.4 Å². The zero-order chi connectivity index (χ0) is 14.7. The first-order valence-corrected chi connectivity index (χ1v) is 6.49. The van der Waals surface area contributed by atoms with Crippen molar-refractivity contribution in [3.05, 3.63) is 36.2 Å². The first kappa shape index (κ1) is 14.1. The number of aliphatic carboxylic acids is 1. The van der Waals surface area contributed by atoms with Gasteiger partial charge >= 0.3 is 5.97 Å². The van der Waals surface area contributed by atoms with Gasteiger partial charge in [0.25, 0.3) is 0 Å². The first-order chi connectivity index (χ1) is 9.51. The minimum absolute atomic E-state index is 0.105. The number of carboxylic acids is 1. The van der Waals surface area contributed by atoms with E-state index in [2.05, 4.69) is 11.6 Å². The largest absolute Gasteiger partial charge is 0.494 e. The number of benzene rings is 1. The van der Waals surface area contributed by atoms with Crippen molar-refractivity contribution in [3.8, 4) is 5.75 Å². The van der Waals surface area contributed by atoms with Crippen LogP contribution in [-0.2, 0) is 17.8 Å². The van der Waals surface area contributed by atoms with Crippen LogP contribution in [0.1, 0.15) is 19.7 Å². The lowest BCUT2D eigenvalue weighted by molar-refractivity contribution is -0.136. The van der Waals surface area contributed by atoms with Crippen LogP contribution in [0.4, 0.5) is 0 Å². The van der Waals surface area contributed by atoms with Crippen LogP contribution in [0.25, 0.3) is 11.0 Å². The molecule has 0 spiro atoms. The number of hydrogen-bond donors (Lipinski definition) is 1. The maximum absolute atomic E-state index is 11.0. The zero-order valence-corrected chi connectivity index (χ0v) is 11.7. The second-order valence-electron chi connectivity index (χ2n) is 4.73. The Balaban J connectivity index is 2.52. The topological polar surface area (TPSA) is 64.4 Å². The average molecular weight is 274 g/mol. The number of imidazole rings is 1. The summed E-state index contributed by atoms with van der Waals surface area (Å²) in [6.45, 7) is 8.85. The van der Waals surface area contributed by atoms with E-state index in [-0.39, 0.29) is 6.42 Å². The fraction of sp³-hybridized carbons (Fsp3) is 0.333. The lowest BCUT2D eigenvalue weighted by Crippen LogP contribution is -2.09. The summed E-state index contributed by atoms with van der Waals surface area (Å²) in [6, 6.07) is 5.60. The van der Waals surface area contributed by atoms with Gasteiger partial charge in [0.05, 0.1) is 17.6 Å². The van der Waals surface area contributed by atoms with E-state index in [1.807, 2.05) is 36.6 Å². The Kier molecular flexibility index (Phi) is 4.08. The molecule has 0 saturated heterocycles. The smallest absolute Gasteiger partial charge is 0.311 e. The van der Waals surface area contributed by atoms with Crippen molar-refractivity contribution in [2.45, 2.75) is 26.8 Å². The molecule has 2 aromatic rings. The second-order valence-corrected chi connectivity index (χ2v) is 4.73. The zero-order valence-electron chi connectivity index (χ0n) is 11.7. The van der Waals surface area contributed by atoms with Crippen LogP contribution < -0.4 is 4.74 Å². The molecule has 1 heterocycles. The lowest BCUT2D eigenvalue weighted by Gasteiger charge is -2.08. The molecule has 0 bridgehead atoms. The maximum Gasteiger partial charge on any atom is 0.311 e. The van der Waals surface area contributed by atoms with Crippen LogP contribution in [0.15, 0.2) is 30.4 Å². The Morgan fingerprint density at radius 2 is 2.25 bits per heavy atom. The van der Waals surface area contributed by atoms with Crippen molar-refractivity contribution < 1.29 is 14.6 Å². The maximum atomic E-state index is 11.0. The summed E-state index contributed by atoms with van der Waals surface area (Å²) in [5, 5.41) is 8.99. The Bertz CT molecular complexity index is 658. The molecule has 1 aromatic carbocycles. The van der Waals surface area contributed by atoms with Gasteiger partial charge in [-0.1, -0.05) is 12.2 Å². The molecular weight excluding hydrogens is 256 g/mol. The minimum Gasteiger partial charge on any atom is -0.494 e. The van der Waals surface area contributed by atoms with Gasteiger partial charge in [-0.05, 0) is 26.0 Å². The van der Waals surface area contributed by atoms with E-state index in [0.717, 1.165) is 22.4 Å². The number of aromatic nitrogens is 2. The van der Waals surface area contributed by atoms with E-state index < -0.39 is 5.97 Å². The minimum atomic E-state index is -0.895. The van der Waals surface area contributed by atoms with Crippen molar-refractivity contribution in [1.29, 1.82) is 0 Å². The highest BCUT2D eigenvalue weighted by Crippen LogP contribution is 2.23. The van der Waals surface area contributed by atoms with Gasteiger partial charge in [0, 0.05) is 12.6 Å². The Hall–Kier alpha value is -2.30. The highest BCUT2D eigenvalue weighted by atomic mass is 16.5. The van der Waals surface area contributed by atoms with E-state index in [4.69, 9.17) is 9.84 Å². The summed E-state index contributed by atoms with van der Waals surface area (Å²) >= 11 is 0. The second kappa shape index (κ2) is 5.77. The molecule has 5 heteroatoms. The number of hydrogen-bond acceptors (Lipinski definition) is 3. The molecule has 0 aliphatic rings. The van der Waals surface area contributed by atoms with Gasteiger partial charge in [0.1, 0.15) is 18.0 Å². The van der Waals surface area contributed by atoms with Crippen molar-refractivity contribution in [2.24, 2.45) is 0 Å². The standard InChI is InChI=1S/C15H18N2O3/c1-4-20-11-5-6-13-12(7-11)16-14(8-15(18)19)17(13)9-10(2)3/h5-7H,2,4,8-9H2,1,3H3,(H,18,19). The number of carboxylic acid groups (broad SMARTS) is 1. The molecule has 0 amide bonds. The molecule has 0 fully saturated rings. The van der Waals surface area contributed by atoms with Crippen molar-refractivity contribution in [1.82, 2.24) is 9.55 Å². The summed E-state index contributed by atoms with van der Waals surface area (Å²) in [7, 11) is 0. The molecule has 2 rings (SSSR count). The third-order valence-corrected chi connectivity index (χ3v) is 2.85. The van der Waals surface area contributed by atoms with Gasteiger partial charge in [-0.25, -0.2) is 4.98 Å². The molecular formula is C15H18N2O3. The van der Waals surface area contributed by atoms with E-state index in [1.165, 1.54) is 0 Å². The highest BCUT2D eigenvalue weighted by molar-refractivity contribution is 5.79. The third-order valence-electron chi connectivity index (χ3n) is 2.85. The predicted molar refractivity (Wildman–Crippen MR) is 77.1 cm³/mol. The van der Waals surface area contributed by atoms with Crippen molar-refractivity contribution >= 4 is 17.0 Å². The van der Waals surface area contributed by atoms with Crippen LogP contribution in [0.3, 0.4) is 0 Å². The molecule has 1 aromatic heterocycles. The van der Waals surface area contributed by atoms with E-state index in [9.17, 15) is 4.79 Å². The van der Waals surface area contributed by atoms with Crippen molar-refractivity contribution in [3.63, 3.8) is 0 Å². The highest BCUT2D eigenvalue weighted by Gasteiger charge is 2.14. The van der Waals surface area contributed by atoms with Gasteiger partial charge in [0.15, 0.2) is 0 Å². The first-order valence-electron chi connectivity index (χ1n) is 6.49. The number of ether oxygens (including phenoxy) is 1. The van der Waals surface area contributed by atoms with Crippen LogP contribution in [0.2, 0.25) is 0 Å². The van der Waals surface area contributed by atoms with Crippen LogP contribution in [-0.4, -0.2) is 27.2 Å². The Morgan fingerprint density at radius 3 is 2.85 bits per heavy atom. The third kappa shape index (κ3) is 2.99. The molecule has 0 aliphatic heterocycles. The quantitative estimate of drug-likeness (QED) is 0.822. The molecule has 5 nitrogen and oxygen atoms in total. The summed E-state index contributed by atoms with van der Waals surface area (Å²) in [6.07, 6.45) is -0.105. The fourth-order valence-corrected chi connectivity index (χ4v) is 2.13. The monoisotopic (exact) mass is 274 g/mol. The van der Waals surface area contributed by atoms with Crippen LogP contribution in [0.5, 0.6) is 5.75 Å². The molecule has 1 N–H and O–H groups in total. The molecule has 106 valence electrons.